The Bertz CT molecular complexity index is 522. The molecule has 0 saturated heterocycles. The van der Waals surface area contributed by atoms with E-state index in [1.807, 2.05) is 13.0 Å². The maximum atomic E-state index is 11.0. The zero-order chi connectivity index (χ0) is 16.0. The van der Waals surface area contributed by atoms with Crippen molar-refractivity contribution in [3.05, 3.63) is 35.4 Å². The first kappa shape index (κ1) is 17.3. The number of carboxylic acids is 1. The second-order valence-electron chi connectivity index (χ2n) is 6.17. The molecule has 0 spiro atoms. The summed E-state index contributed by atoms with van der Waals surface area (Å²) in [7, 11) is 0. The normalized spacial score (nSPS) is 12.3. The van der Waals surface area contributed by atoms with Crippen molar-refractivity contribution in [2.75, 3.05) is 6.61 Å². The van der Waals surface area contributed by atoms with Crippen LogP contribution in [0.3, 0.4) is 0 Å². The number of rotatable bonds is 6. The molecule has 0 atom stereocenters. The predicted molar refractivity (Wildman–Crippen MR) is 86.8 cm³/mol. The summed E-state index contributed by atoms with van der Waals surface area (Å²) < 4.78 is 5.78. The van der Waals surface area contributed by atoms with Crippen molar-refractivity contribution >= 4 is 11.5 Å². The number of hydrogen-bond donors (Lipinski definition) is 1. The van der Waals surface area contributed by atoms with Gasteiger partial charge >= 0.3 is 5.97 Å². The van der Waals surface area contributed by atoms with Gasteiger partial charge < -0.3 is 9.84 Å². The third-order valence-electron chi connectivity index (χ3n) is 3.33. The molecule has 0 aliphatic rings. The Morgan fingerprint density at radius 1 is 1.29 bits per heavy atom. The highest BCUT2D eigenvalue weighted by atomic mass is 16.5. The van der Waals surface area contributed by atoms with Crippen molar-refractivity contribution in [2.24, 2.45) is 0 Å². The fourth-order valence-electron chi connectivity index (χ4n) is 2.10. The number of ether oxygens (including phenoxy) is 1. The lowest BCUT2D eigenvalue weighted by Gasteiger charge is -2.22. The summed E-state index contributed by atoms with van der Waals surface area (Å²) in [6.45, 7) is 11.1. The van der Waals surface area contributed by atoms with Gasteiger partial charge in [0.25, 0.3) is 0 Å². The quantitative estimate of drug-likeness (QED) is 0.776. The molecular weight excluding hydrogens is 264 g/mol. The lowest BCUT2D eigenvalue weighted by Crippen LogP contribution is -2.12. The van der Waals surface area contributed by atoms with Crippen LogP contribution in [-0.4, -0.2) is 17.7 Å². The summed E-state index contributed by atoms with van der Waals surface area (Å²) in [6, 6.07) is 6.07. The third-order valence-corrected chi connectivity index (χ3v) is 3.33. The molecule has 0 amide bonds. The SMILES string of the molecule is CCCOc1ccc(C(C)(C)C)cc1/C(=C/C(=O)O)CC. The van der Waals surface area contributed by atoms with E-state index in [0.29, 0.717) is 13.0 Å². The van der Waals surface area contributed by atoms with Crippen molar-refractivity contribution in [3.8, 4) is 5.75 Å². The zero-order valence-corrected chi connectivity index (χ0v) is 13.7. The summed E-state index contributed by atoms with van der Waals surface area (Å²) in [4.78, 5) is 11.0. The highest BCUT2D eigenvalue weighted by molar-refractivity contribution is 5.91. The highest BCUT2D eigenvalue weighted by Gasteiger charge is 2.17. The fourth-order valence-corrected chi connectivity index (χ4v) is 2.10. The average molecular weight is 290 g/mol. The number of benzene rings is 1. The Labute approximate surface area is 127 Å². The van der Waals surface area contributed by atoms with E-state index in [1.165, 1.54) is 11.6 Å². The molecule has 0 radical (unpaired) electrons. The first-order chi connectivity index (χ1) is 9.79. The van der Waals surface area contributed by atoms with Crippen LogP contribution >= 0.6 is 0 Å². The topological polar surface area (TPSA) is 46.5 Å². The van der Waals surface area contributed by atoms with Gasteiger partial charge in [-0.3, -0.25) is 0 Å². The molecule has 0 aromatic heterocycles. The molecule has 116 valence electrons. The van der Waals surface area contributed by atoms with Gasteiger partial charge in [0.15, 0.2) is 0 Å². The van der Waals surface area contributed by atoms with Gasteiger partial charge in [-0.15, -0.1) is 0 Å². The van der Waals surface area contributed by atoms with Gasteiger partial charge in [0.1, 0.15) is 5.75 Å². The van der Waals surface area contributed by atoms with E-state index in [4.69, 9.17) is 9.84 Å². The van der Waals surface area contributed by atoms with E-state index < -0.39 is 5.97 Å². The second-order valence-corrected chi connectivity index (χ2v) is 6.17. The molecule has 21 heavy (non-hydrogen) atoms. The maximum absolute atomic E-state index is 11.0. The Morgan fingerprint density at radius 3 is 2.43 bits per heavy atom. The maximum Gasteiger partial charge on any atom is 0.328 e. The molecule has 3 heteroatoms. The molecule has 0 aliphatic heterocycles. The lowest BCUT2D eigenvalue weighted by atomic mass is 9.85. The van der Waals surface area contributed by atoms with Crippen LogP contribution in [0, 0.1) is 0 Å². The van der Waals surface area contributed by atoms with Crippen molar-refractivity contribution in [3.63, 3.8) is 0 Å². The van der Waals surface area contributed by atoms with Crippen LogP contribution in [0.4, 0.5) is 0 Å². The minimum absolute atomic E-state index is 0.0140. The Morgan fingerprint density at radius 2 is 1.95 bits per heavy atom. The minimum atomic E-state index is -0.922. The predicted octanol–water partition coefficient (Wildman–Crippen LogP) is 4.65. The van der Waals surface area contributed by atoms with Crippen LogP contribution in [0.25, 0.3) is 5.57 Å². The molecule has 0 fully saturated rings. The molecule has 3 nitrogen and oxygen atoms in total. The first-order valence-electron chi connectivity index (χ1n) is 7.50. The molecule has 1 rings (SSSR count). The van der Waals surface area contributed by atoms with Gasteiger partial charge in [0.05, 0.1) is 6.61 Å². The summed E-state index contributed by atoms with van der Waals surface area (Å²) >= 11 is 0. The van der Waals surface area contributed by atoms with Crippen molar-refractivity contribution < 1.29 is 14.6 Å². The van der Waals surface area contributed by atoms with Crippen molar-refractivity contribution in [1.82, 2.24) is 0 Å². The van der Waals surface area contributed by atoms with E-state index >= 15 is 0 Å². The van der Waals surface area contributed by atoms with E-state index in [9.17, 15) is 4.79 Å². The third kappa shape index (κ3) is 4.92. The average Bonchev–Trinajstić information content (AvgIpc) is 2.41. The van der Waals surface area contributed by atoms with Gasteiger partial charge in [-0.2, -0.15) is 0 Å². The Balaban J connectivity index is 3.37. The molecule has 0 saturated carbocycles. The van der Waals surface area contributed by atoms with Gasteiger partial charge in [0, 0.05) is 11.6 Å². The molecular formula is C18H26O3. The minimum Gasteiger partial charge on any atom is -0.493 e. The largest absolute Gasteiger partial charge is 0.493 e. The van der Waals surface area contributed by atoms with E-state index in [-0.39, 0.29) is 5.41 Å². The monoisotopic (exact) mass is 290 g/mol. The van der Waals surface area contributed by atoms with Crippen LogP contribution in [0.5, 0.6) is 5.75 Å². The molecule has 1 aromatic carbocycles. The number of carboxylic acid groups (broad SMARTS) is 1. The molecule has 1 N–H and O–H groups in total. The highest BCUT2D eigenvalue weighted by Crippen LogP contribution is 2.33. The molecule has 0 heterocycles. The van der Waals surface area contributed by atoms with Crippen LogP contribution < -0.4 is 4.74 Å². The summed E-state index contributed by atoms with van der Waals surface area (Å²) in [5.74, 6) is -0.159. The molecule has 0 unspecified atom stereocenters. The van der Waals surface area contributed by atoms with Crippen LogP contribution in [0.2, 0.25) is 0 Å². The lowest BCUT2D eigenvalue weighted by molar-refractivity contribution is -0.131. The smallest absolute Gasteiger partial charge is 0.328 e. The van der Waals surface area contributed by atoms with E-state index in [2.05, 4.69) is 39.8 Å². The summed E-state index contributed by atoms with van der Waals surface area (Å²) in [5.41, 5.74) is 2.87. The zero-order valence-electron chi connectivity index (χ0n) is 13.7. The van der Waals surface area contributed by atoms with Gasteiger partial charge in [-0.05, 0) is 41.5 Å². The second kappa shape index (κ2) is 7.30. The van der Waals surface area contributed by atoms with Crippen molar-refractivity contribution in [2.45, 2.75) is 52.9 Å². The first-order valence-corrected chi connectivity index (χ1v) is 7.50. The van der Waals surface area contributed by atoms with E-state index in [0.717, 1.165) is 23.3 Å². The molecule has 0 bridgehead atoms. The summed E-state index contributed by atoms with van der Waals surface area (Å²) in [6.07, 6.45) is 2.85. The standard InChI is InChI=1S/C18H26O3/c1-6-10-21-16-9-8-14(18(3,4)5)12-15(16)13(7-2)11-17(19)20/h8-9,11-12H,6-7,10H2,1-5H3,(H,19,20)/b13-11+. The Kier molecular flexibility index (Phi) is 6.01. The van der Waals surface area contributed by atoms with E-state index in [1.54, 1.807) is 0 Å². The van der Waals surface area contributed by atoms with Gasteiger partial charge in [-0.25, -0.2) is 4.79 Å². The van der Waals surface area contributed by atoms with Crippen molar-refractivity contribution in [1.29, 1.82) is 0 Å². The number of carbonyl (C=O) groups is 1. The fraction of sp³-hybridized carbons (Fsp3) is 0.500. The molecule has 0 aliphatic carbocycles. The Hall–Kier alpha value is -1.77. The number of aliphatic carboxylic acids is 1. The van der Waals surface area contributed by atoms with Gasteiger partial charge in [0.2, 0.25) is 0 Å². The number of hydrogen-bond acceptors (Lipinski definition) is 2. The van der Waals surface area contributed by atoms with Crippen LogP contribution in [0.1, 0.15) is 58.6 Å². The van der Waals surface area contributed by atoms with Crippen LogP contribution in [-0.2, 0) is 10.2 Å². The van der Waals surface area contributed by atoms with Crippen LogP contribution in [0.15, 0.2) is 24.3 Å². The van der Waals surface area contributed by atoms with Gasteiger partial charge in [-0.1, -0.05) is 40.7 Å². The number of allylic oxidation sites excluding steroid dienone is 1. The molecule has 1 aromatic rings. The summed E-state index contributed by atoms with van der Waals surface area (Å²) in [5, 5.41) is 9.06.